The van der Waals surface area contributed by atoms with Crippen LogP contribution in [-0.2, 0) is 0 Å². The van der Waals surface area contributed by atoms with Crippen LogP contribution in [0, 0.1) is 11.6 Å². The first kappa shape index (κ1) is 23.1. The number of anilines is 2. The number of carbonyl (C=O) groups is 2. The molecular weight excluding hydrogens is 490 g/mol. The van der Waals surface area contributed by atoms with E-state index in [0.717, 1.165) is 6.07 Å². The number of carbonyl (C=O) groups excluding carboxylic acids is 2. The van der Waals surface area contributed by atoms with Crippen LogP contribution in [0.4, 0.5) is 25.0 Å². The number of benzene rings is 3. The predicted octanol–water partition coefficient (Wildman–Crippen LogP) is 5.62. The maximum absolute atomic E-state index is 15.2. The third-order valence-electron chi connectivity index (χ3n) is 5.20. The smallest absolute Gasteiger partial charge is 0.308 e. The number of aromatic nitrogens is 4. The lowest BCUT2D eigenvalue weighted by Crippen LogP contribution is -2.21. The maximum Gasteiger partial charge on any atom is 0.323 e. The Balaban J connectivity index is 1.39. The third-order valence-corrected chi connectivity index (χ3v) is 5.51. The van der Waals surface area contributed by atoms with E-state index in [2.05, 4.69) is 25.7 Å². The number of ketones is 1. The summed E-state index contributed by atoms with van der Waals surface area (Å²) < 4.78 is 30.3. The van der Waals surface area contributed by atoms with Gasteiger partial charge in [0.2, 0.25) is 0 Å². The van der Waals surface area contributed by atoms with Gasteiger partial charge in [0.15, 0.2) is 17.4 Å². The van der Waals surface area contributed by atoms with E-state index in [1.165, 1.54) is 47.1 Å². The Morgan fingerprint density at radius 2 is 1.81 bits per heavy atom. The fourth-order valence-corrected chi connectivity index (χ4v) is 3.59. The summed E-state index contributed by atoms with van der Waals surface area (Å²) in [4.78, 5) is 34.2. The second-order valence-corrected chi connectivity index (χ2v) is 7.99. The standard InChI is InChI=1S/C25H15ClF2N6O2/c26-17-7-6-15(12-18(17)27)31-25(36)33-20-4-1-3-16(23(20)28)24(35)14-5-8-19-21(11-14)32-22(13-29-19)34-10-2-9-30-34/h1-13H,(H2,31,33,36). The van der Waals surface area contributed by atoms with Crippen LogP contribution in [0.1, 0.15) is 15.9 Å². The lowest BCUT2D eigenvalue weighted by molar-refractivity contribution is 0.103. The lowest BCUT2D eigenvalue weighted by Gasteiger charge is -2.11. The van der Waals surface area contributed by atoms with E-state index < -0.39 is 23.4 Å². The first-order valence-corrected chi connectivity index (χ1v) is 10.9. The SMILES string of the molecule is O=C(Nc1ccc(Cl)c(F)c1)Nc1cccc(C(=O)c2ccc3ncc(-n4cccn4)nc3c2)c1F. The van der Waals surface area contributed by atoms with Crippen molar-refractivity contribution in [1.82, 2.24) is 19.7 Å². The largest absolute Gasteiger partial charge is 0.323 e. The molecule has 0 spiro atoms. The van der Waals surface area contributed by atoms with Crippen molar-refractivity contribution in [3.63, 3.8) is 0 Å². The monoisotopic (exact) mass is 504 g/mol. The van der Waals surface area contributed by atoms with Crippen molar-refractivity contribution >= 4 is 45.8 Å². The molecule has 2 N–H and O–H groups in total. The number of nitrogens with zero attached hydrogens (tertiary/aromatic N) is 4. The van der Waals surface area contributed by atoms with Gasteiger partial charge in [0.25, 0.3) is 0 Å². The minimum Gasteiger partial charge on any atom is -0.308 e. The highest BCUT2D eigenvalue weighted by atomic mass is 35.5. The molecule has 0 radical (unpaired) electrons. The van der Waals surface area contributed by atoms with Gasteiger partial charge in [-0.3, -0.25) is 9.78 Å². The summed E-state index contributed by atoms with van der Waals surface area (Å²) in [5, 5.41) is 8.72. The van der Waals surface area contributed by atoms with E-state index in [4.69, 9.17) is 11.6 Å². The third kappa shape index (κ3) is 4.62. The second kappa shape index (κ2) is 9.51. The van der Waals surface area contributed by atoms with Gasteiger partial charge in [-0.05, 0) is 54.6 Å². The first-order valence-electron chi connectivity index (χ1n) is 10.5. The summed E-state index contributed by atoms with van der Waals surface area (Å²) in [5.74, 6) is -1.79. The molecule has 2 heterocycles. The van der Waals surface area contributed by atoms with Crippen molar-refractivity contribution in [1.29, 1.82) is 0 Å². The molecule has 0 aliphatic carbocycles. The fourth-order valence-electron chi connectivity index (χ4n) is 3.48. The fraction of sp³-hybridized carbons (Fsp3) is 0. The molecule has 2 aromatic heterocycles. The van der Waals surface area contributed by atoms with Gasteiger partial charge in [0.1, 0.15) is 5.82 Å². The van der Waals surface area contributed by atoms with Gasteiger partial charge in [-0.1, -0.05) is 17.7 Å². The Bertz CT molecular complexity index is 1630. The predicted molar refractivity (Wildman–Crippen MR) is 131 cm³/mol. The van der Waals surface area contributed by atoms with Crippen LogP contribution in [0.3, 0.4) is 0 Å². The van der Waals surface area contributed by atoms with Gasteiger partial charge in [-0.25, -0.2) is 23.2 Å². The average Bonchev–Trinajstić information content (AvgIpc) is 3.42. The first-order chi connectivity index (χ1) is 17.4. The lowest BCUT2D eigenvalue weighted by atomic mass is 10.0. The summed E-state index contributed by atoms with van der Waals surface area (Å²) in [6.45, 7) is 0. The van der Waals surface area contributed by atoms with Crippen molar-refractivity contribution in [2.24, 2.45) is 0 Å². The molecule has 0 aliphatic rings. The molecule has 5 rings (SSSR count). The molecule has 5 aromatic rings. The number of amides is 2. The van der Waals surface area contributed by atoms with Gasteiger partial charge >= 0.3 is 6.03 Å². The van der Waals surface area contributed by atoms with E-state index in [0.29, 0.717) is 16.9 Å². The molecule has 36 heavy (non-hydrogen) atoms. The molecule has 0 fully saturated rings. The van der Waals surface area contributed by atoms with Crippen molar-refractivity contribution in [2.75, 3.05) is 10.6 Å². The molecule has 0 aliphatic heterocycles. The van der Waals surface area contributed by atoms with Crippen molar-refractivity contribution in [3.8, 4) is 5.82 Å². The minimum atomic E-state index is -0.920. The number of hydrogen-bond donors (Lipinski definition) is 2. The van der Waals surface area contributed by atoms with E-state index in [-0.39, 0.29) is 27.5 Å². The van der Waals surface area contributed by atoms with E-state index in [1.807, 2.05) is 0 Å². The maximum atomic E-state index is 15.2. The number of nitrogens with one attached hydrogen (secondary N) is 2. The average molecular weight is 505 g/mol. The Kier molecular flexibility index (Phi) is 6.09. The van der Waals surface area contributed by atoms with Crippen LogP contribution >= 0.6 is 11.6 Å². The van der Waals surface area contributed by atoms with Crippen LogP contribution < -0.4 is 10.6 Å². The molecular formula is C25H15ClF2N6O2. The highest BCUT2D eigenvalue weighted by Crippen LogP contribution is 2.24. The van der Waals surface area contributed by atoms with Gasteiger partial charge in [-0.15, -0.1) is 0 Å². The Labute approximate surface area is 207 Å². The van der Waals surface area contributed by atoms with Crippen LogP contribution in [0.15, 0.2) is 79.3 Å². The summed E-state index contributed by atoms with van der Waals surface area (Å²) in [7, 11) is 0. The molecule has 0 bridgehead atoms. The van der Waals surface area contributed by atoms with Gasteiger partial charge in [-0.2, -0.15) is 5.10 Å². The molecule has 0 saturated heterocycles. The van der Waals surface area contributed by atoms with Gasteiger partial charge < -0.3 is 10.6 Å². The summed E-state index contributed by atoms with van der Waals surface area (Å²) in [6, 6.07) is 13.3. The molecule has 0 saturated carbocycles. The molecule has 0 unspecified atom stereocenters. The molecule has 11 heteroatoms. The van der Waals surface area contributed by atoms with Gasteiger partial charge in [0.05, 0.1) is 33.5 Å². The Morgan fingerprint density at radius 1 is 0.944 bits per heavy atom. The quantitative estimate of drug-likeness (QED) is 0.302. The normalized spacial score (nSPS) is 10.9. The van der Waals surface area contributed by atoms with Crippen LogP contribution in [0.25, 0.3) is 16.9 Å². The number of rotatable bonds is 5. The molecule has 2 amide bonds. The van der Waals surface area contributed by atoms with E-state index in [9.17, 15) is 14.0 Å². The highest BCUT2D eigenvalue weighted by molar-refractivity contribution is 6.30. The minimum absolute atomic E-state index is 0.101. The summed E-state index contributed by atoms with van der Waals surface area (Å²) in [6.07, 6.45) is 4.86. The molecule has 8 nitrogen and oxygen atoms in total. The van der Waals surface area contributed by atoms with Crippen molar-refractivity contribution < 1.29 is 18.4 Å². The molecule has 3 aromatic carbocycles. The van der Waals surface area contributed by atoms with Crippen LogP contribution in [0.5, 0.6) is 0 Å². The zero-order chi connectivity index (χ0) is 25.2. The van der Waals surface area contributed by atoms with Crippen molar-refractivity contribution in [3.05, 3.63) is 107 Å². The van der Waals surface area contributed by atoms with Crippen LogP contribution in [-0.4, -0.2) is 31.6 Å². The van der Waals surface area contributed by atoms with Crippen molar-refractivity contribution in [2.45, 2.75) is 0 Å². The highest BCUT2D eigenvalue weighted by Gasteiger charge is 2.19. The zero-order valence-electron chi connectivity index (χ0n) is 18.2. The zero-order valence-corrected chi connectivity index (χ0v) is 19.0. The molecule has 0 atom stereocenters. The Morgan fingerprint density at radius 3 is 2.58 bits per heavy atom. The number of urea groups is 1. The number of hydrogen-bond acceptors (Lipinski definition) is 5. The molecule has 178 valence electrons. The number of fused-ring (bicyclic) bond motifs is 1. The second-order valence-electron chi connectivity index (χ2n) is 7.59. The van der Waals surface area contributed by atoms with E-state index >= 15 is 4.39 Å². The summed E-state index contributed by atoms with van der Waals surface area (Å²) >= 11 is 5.63. The topological polar surface area (TPSA) is 102 Å². The Hall–Kier alpha value is -4.70. The number of halogens is 3. The van der Waals surface area contributed by atoms with Crippen LogP contribution in [0.2, 0.25) is 5.02 Å². The summed E-state index contributed by atoms with van der Waals surface area (Å²) in [5.41, 5.74) is 0.808. The van der Waals surface area contributed by atoms with E-state index in [1.54, 1.807) is 30.7 Å². The van der Waals surface area contributed by atoms with Gasteiger partial charge in [0, 0.05) is 23.6 Å².